The summed E-state index contributed by atoms with van der Waals surface area (Å²) in [6, 6.07) is 8.30. The Morgan fingerprint density at radius 3 is 2.50 bits per heavy atom. The first-order chi connectivity index (χ1) is 13.0. The minimum Gasteiger partial charge on any atom is -0.495 e. The smallest absolute Gasteiger partial charge is 0.271 e. The topological polar surface area (TPSA) is 119 Å². The van der Waals surface area contributed by atoms with Crippen molar-refractivity contribution in [3.8, 4) is 5.75 Å². The van der Waals surface area contributed by atoms with Crippen LogP contribution in [0.15, 0.2) is 36.4 Å². The average molecular weight is 428 g/mol. The summed E-state index contributed by atoms with van der Waals surface area (Å²) < 4.78 is 30.3. The molecular formula is C17H18ClN3O6S. The fraction of sp³-hybridized carbons (Fsp3) is 0.235. The number of halogens is 1. The van der Waals surface area contributed by atoms with Crippen molar-refractivity contribution in [2.75, 3.05) is 29.5 Å². The maximum atomic E-state index is 12.5. The molecule has 28 heavy (non-hydrogen) atoms. The van der Waals surface area contributed by atoms with Crippen LogP contribution in [0, 0.1) is 17.0 Å². The van der Waals surface area contributed by atoms with Crippen molar-refractivity contribution in [2.45, 2.75) is 6.92 Å². The second-order valence-corrected chi connectivity index (χ2v) is 8.21. The van der Waals surface area contributed by atoms with Crippen molar-refractivity contribution in [3.05, 3.63) is 57.1 Å². The molecule has 0 saturated heterocycles. The van der Waals surface area contributed by atoms with Crippen LogP contribution in [-0.4, -0.2) is 39.2 Å². The van der Waals surface area contributed by atoms with Gasteiger partial charge < -0.3 is 10.1 Å². The highest BCUT2D eigenvalue weighted by molar-refractivity contribution is 7.92. The number of nitro benzene ring substituents is 1. The van der Waals surface area contributed by atoms with E-state index in [9.17, 15) is 23.3 Å². The first-order valence-corrected chi connectivity index (χ1v) is 10.1. The fourth-order valence-corrected chi connectivity index (χ4v) is 3.39. The van der Waals surface area contributed by atoms with Gasteiger partial charge in [-0.2, -0.15) is 0 Å². The van der Waals surface area contributed by atoms with E-state index in [1.165, 1.54) is 31.4 Å². The second-order valence-electron chi connectivity index (χ2n) is 5.89. The standard InChI is InChI=1S/C17H18ClN3O6S/c1-11-4-5-12(8-14(11)18)20(28(3,25)26)10-17(22)19-15-9-13(21(23)24)6-7-16(15)27-2/h4-9H,10H2,1-3H3,(H,19,22). The number of nitro groups is 1. The maximum Gasteiger partial charge on any atom is 0.271 e. The van der Waals surface area contributed by atoms with E-state index in [0.29, 0.717) is 5.02 Å². The number of anilines is 2. The molecule has 150 valence electrons. The predicted octanol–water partition coefficient (Wildman–Crippen LogP) is 2.97. The molecule has 0 atom stereocenters. The molecule has 11 heteroatoms. The zero-order valence-corrected chi connectivity index (χ0v) is 16.9. The molecule has 1 amide bonds. The van der Waals surface area contributed by atoms with Crippen LogP contribution in [0.5, 0.6) is 5.75 Å². The molecule has 2 rings (SSSR count). The second kappa shape index (κ2) is 8.44. The third kappa shape index (κ3) is 5.11. The van der Waals surface area contributed by atoms with Gasteiger partial charge in [0.1, 0.15) is 12.3 Å². The Kier molecular flexibility index (Phi) is 6.47. The van der Waals surface area contributed by atoms with Crippen LogP contribution < -0.4 is 14.4 Å². The van der Waals surface area contributed by atoms with Crippen LogP contribution >= 0.6 is 11.6 Å². The normalized spacial score (nSPS) is 11.0. The molecule has 0 heterocycles. The highest BCUT2D eigenvalue weighted by atomic mass is 35.5. The number of hydrogen-bond acceptors (Lipinski definition) is 6. The summed E-state index contributed by atoms with van der Waals surface area (Å²) in [5.74, 6) is -0.510. The number of amides is 1. The molecule has 0 radical (unpaired) electrons. The Morgan fingerprint density at radius 2 is 1.96 bits per heavy atom. The predicted molar refractivity (Wildman–Crippen MR) is 107 cm³/mol. The van der Waals surface area contributed by atoms with Crippen LogP contribution in [0.25, 0.3) is 0 Å². The summed E-state index contributed by atoms with van der Waals surface area (Å²) in [4.78, 5) is 22.8. The number of hydrogen-bond donors (Lipinski definition) is 1. The Morgan fingerprint density at radius 1 is 1.29 bits per heavy atom. The number of methoxy groups -OCH3 is 1. The van der Waals surface area contributed by atoms with Gasteiger partial charge in [-0.3, -0.25) is 19.2 Å². The molecule has 0 aliphatic rings. The number of ether oxygens (including phenoxy) is 1. The number of rotatable bonds is 7. The SMILES string of the molecule is COc1ccc([N+](=O)[O-])cc1NC(=O)CN(c1ccc(C)c(Cl)c1)S(C)(=O)=O. The summed E-state index contributed by atoms with van der Waals surface area (Å²) in [5, 5.41) is 13.7. The fourth-order valence-electron chi connectivity index (χ4n) is 2.36. The molecule has 0 unspecified atom stereocenters. The molecule has 0 aromatic heterocycles. The number of nitrogens with one attached hydrogen (secondary N) is 1. The van der Waals surface area contributed by atoms with Crippen molar-refractivity contribution >= 4 is 44.6 Å². The summed E-state index contributed by atoms with van der Waals surface area (Å²) >= 11 is 6.06. The molecule has 2 aromatic carbocycles. The van der Waals surface area contributed by atoms with E-state index in [1.54, 1.807) is 13.0 Å². The van der Waals surface area contributed by atoms with Gasteiger partial charge in [-0.15, -0.1) is 0 Å². The Bertz CT molecular complexity index is 1030. The summed E-state index contributed by atoms with van der Waals surface area (Å²) in [6.45, 7) is 1.21. The monoisotopic (exact) mass is 427 g/mol. The van der Waals surface area contributed by atoms with Crippen LogP contribution in [0.3, 0.4) is 0 Å². The summed E-state index contributed by atoms with van der Waals surface area (Å²) in [6.07, 6.45) is 0.960. The third-order valence-electron chi connectivity index (χ3n) is 3.80. The number of non-ortho nitro benzene ring substituents is 1. The number of carbonyl (C=O) groups is 1. The van der Waals surface area contributed by atoms with Crippen LogP contribution in [0.1, 0.15) is 5.56 Å². The molecule has 0 saturated carbocycles. The maximum absolute atomic E-state index is 12.5. The van der Waals surface area contributed by atoms with E-state index in [-0.39, 0.29) is 22.8 Å². The molecule has 0 bridgehead atoms. The minimum absolute atomic E-state index is 0.0529. The molecular weight excluding hydrogens is 410 g/mol. The molecule has 0 fully saturated rings. The lowest BCUT2D eigenvalue weighted by Crippen LogP contribution is -2.37. The van der Waals surface area contributed by atoms with Crippen molar-refractivity contribution in [1.82, 2.24) is 0 Å². The molecule has 1 N–H and O–H groups in total. The lowest BCUT2D eigenvalue weighted by Gasteiger charge is -2.22. The van der Waals surface area contributed by atoms with E-state index in [2.05, 4.69) is 5.32 Å². The van der Waals surface area contributed by atoms with Gasteiger partial charge >= 0.3 is 0 Å². The highest BCUT2D eigenvalue weighted by Gasteiger charge is 2.22. The van der Waals surface area contributed by atoms with Gasteiger partial charge in [0.05, 0.1) is 29.7 Å². The average Bonchev–Trinajstić information content (AvgIpc) is 2.61. The van der Waals surface area contributed by atoms with Gasteiger partial charge in [-0.25, -0.2) is 8.42 Å². The van der Waals surface area contributed by atoms with Gasteiger partial charge in [0, 0.05) is 17.2 Å². The molecule has 9 nitrogen and oxygen atoms in total. The molecule has 0 aliphatic heterocycles. The van der Waals surface area contributed by atoms with E-state index >= 15 is 0 Å². The number of sulfonamides is 1. The van der Waals surface area contributed by atoms with Crippen LogP contribution in [-0.2, 0) is 14.8 Å². The zero-order chi connectivity index (χ0) is 21.1. The molecule has 0 spiro atoms. The van der Waals surface area contributed by atoms with Crippen molar-refractivity contribution < 1.29 is 22.9 Å². The lowest BCUT2D eigenvalue weighted by molar-refractivity contribution is -0.384. The molecule has 2 aromatic rings. The number of carbonyl (C=O) groups excluding carboxylic acids is 1. The quantitative estimate of drug-likeness (QED) is 0.536. The lowest BCUT2D eigenvalue weighted by atomic mass is 10.2. The first kappa shape index (κ1) is 21.5. The van der Waals surface area contributed by atoms with E-state index in [0.717, 1.165) is 22.2 Å². The Balaban J connectivity index is 2.31. The van der Waals surface area contributed by atoms with E-state index in [4.69, 9.17) is 16.3 Å². The van der Waals surface area contributed by atoms with Crippen LogP contribution in [0.4, 0.5) is 17.1 Å². The van der Waals surface area contributed by atoms with Crippen molar-refractivity contribution in [2.24, 2.45) is 0 Å². The zero-order valence-electron chi connectivity index (χ0n) is 15.3. The Hall–Kier alpha value is -2.85. The first-order valence-electron chi connectivity index (χ1n) is 7.89. The van der Waals surface area contributed by atoms with E-state index < -0.39 is 27.4 Å². The Labute approximate surface area is 167 Å². The highest BCUT2D eigenvalue weighted by Crippen LogP contribution is 2.29. The van der Waals surface area contributed by atoms with Crippen molar-refractivity contribution in [3.63, 3.8) is 0 Å². The largest absolute Gasteiger partial charge is 0.495 e. The number of aryl methyl sites for hydroxylation is 1. The van der Waals surface area contributed by atoms with Gasteiger partial charge in [-0.1, -0.05) is 17.7 Å². The summed E-state index contributed by atoms with van der Waals surface area (Å²) in [5.41, 5.74) is 0.780. The third-order valence-corrected chi connectivity index (χ3v) is 5.35. The number of benzene rings is 2. The molecule has 0 aliphatic carbocycles. The van der Waals surface area contributed by atoms with Gasteiger partial charge in [0.25, 0.3) is 5.69 Å². The summed E-state index contributed by atoms with van der Waals surface area (Å²) in [7, 11) is -2.46. The van der Waals surface area contributed by atoms with Gasteiger partial charge in [0.15, 0.2) is 0 Å². The van der Waals surface area contributed by atoms with E-state index in [1.807, 2.05) is 0 Å². The van der Waals surface area contributed by atoms with Gasteiger partial charge in [0.2, 0.25) is 15.9 Å². The van der Waals surface area contributed by atoms with Crippen LogP contribution in [0.2, 0.25) is 5.02 Å². The number of nitrogens with zero attached hydrogens (tertiary/aromatic N) is 2. The minimum atomic E-state index is -3.80. The van der Waals surface area contributed by atoms with Crippen molar-refractivity contribution in [1.29, 1.82) is 0 Å². The van der Waals surface area contributed by atoms with Gasteiger partial charge in [-0.05, 0) is 30.7 Å².